The maximum absolute atomic E-state index is 3.63. The molecule has 0 amide bonds. The molecule has 0 heterocycles. The lowest BCUT2D eigenvalue weighted by molar-refractivity contribution is 0.572. The fourth-order valence-electron chi connectivity index (χ4n) is 3.14. The van der Waals surface area contributed by atoms with Crippen molar-refractivity contribution in [3.05, 3.63) is 95.1 Å². The van der Waals surface area contributed by atoms with Gasteiger partial charge in [0, 0.05) is 12.6 Å². The van der Waals surface area contributed by atoms with Crippen LogP contribution in [0.15, 0.2) is 72.8 Å². The Hall–Kier alpha value is -2.38. The van der Waals surface area contributed by atoms with Gasteiger partial charge >= 0.3 is 0 Å². The van der Waals surface area contributed by atoms with E-state index in [1.165, 1.54) is 33.4 Å². The molecule has 1 atom stereocenters. The predicted octanol–water partition coefficient (Wildman–Crippen LogP) is 5.82. The van der Waals surface area contributed by atoms with Gasteiger partial charge in [-0.1, -0.05) is 78.4 Å². The molecular weight excluding hydrogens is 290 g/mol. The van der Waals surface area contributed by atoms with Crippen LogP contribution in [0.2, 0.25) is 0 Å². The molecule has 0 aliphatic rings. The first-order valence-electron chi connectivity index (χ1n) is 8.58. The fraction of sp³-hybridized carbons (Fsp3) is 0.217. The summed E-state index contributed by atoms with van der Waals surface area (Å²) in [6.07, 6.45) is 0. The molecule has 1 heteroatoms. The predicted molar refractivity (Wildman–Crippen MR) is 103 cm³/mol. The van der Waals surface area contributed by atoms with Crippen molar-refractivity contribution in [1.29, 1.82) is 0 Å². The smallest absolute Gasteiger partial charge is 0.0297 e. The van der Waals surface area contributed by atoms with Crippen LogP contribution in [0.4, 0.5) is 0 Å². The summed E-state index contributed by atoms with van der Waals surface area (Å²) in [6, 6.07) is 26.4. The van der Waals surface area contributed by atoms with E-state index < -0.39 is 0 Å². The van der Waals surface area contributed by atoms with Crippen molar-refractivity contribution in [1.82, 2.24) is 5.32 Å². The minimum absolute atomic E-state index is 0.347. The van der Waals surface area contributed by atoms with Crippen molar-refractivity contribution in [2.75, 3.05) is 0 Å². The summed E-state index contributed by atoms with van der Waals surface area (Å²) in [5.41, 5.74) is 7.89. The molecule has 0 aromatic heterocycles. The molecule has 3 rings (SSSR count). The molecule has 0 saturated carbocycles. The molecule has 1 N–H and O–H groups in total. The lowest BCUT2D eigenvalue weighted by Crippen LogP contribution is -2.18. The van der Waals surface area contributed by atoms with Gasteiger partial charge in [0.1, 0.15) is 0 Å². The molecule has 0 fully saturated rings. The molecule has 0 bridgehead atoms. The van der Waals surface area contributed by atoms with E-state index in [2.05, 4.69) is 98.9 Å². The Morgan fingerprint density at radius 2 is 1.46 bits per heavy atom. The van der Waals surface area contributed by atoms with E-state index in [1.807, 2.05) is 0 Å². The third-order valence-corrected chi connectivity index (χ3v) is 4.57. The van der Waals surface area contributed by atoms with Gasteiger partial charge in [-0.25, -0.2) is 0 Å². The van der Waals surface area contributed by atoms with E-state index in [1.54, 1.807) is 0 Å². The van der Waals surface area contributed by atoms with Crippen LogP contribution in [-0.2, 0) is 6.54 Å². The van der Waals surface area contributed by atoms with Gasteiger partial charge in [-0.15, -0.1) is 0 Å². The standard InChI is InChI=1S/C23H25N/c1-17-9-14-23(18(2)15-17)19(3)24-16-20-10-12-22(13-11-20)21-7-5-4-6-8-21/h4-15,19,24H,16H2,1-3H3. The van der Waals surface area contributed by atoms with Gasteiger partial charge in [-0.05, 0) is 48.6 Å². The largest absolute Gasteiger partial charge is 0.306 e. The Morgan fingerprint density at radius 3 is 2.12 bits per heavy atom. The molecule has 1 nitrogen and oxygen atoms in total. The van der Waals surface area contributed by atoms with Crippen LogP contribution in [0.3, 0.4) is 0 Å². The van der Waals surface area contributed by atoms with Crippen LogP contribution in [0, 0.1) is 13.8 Å². The summed E-state index contributed by atoms with van der Waals surface area (Å²) in [5.74, 6) is 0. The summed E-state index contributed by atoms with van der Waals surface area (Å²) in [7, 11) is 0. The Balaban J connectivity index is 1.64. The number of aryl methyl sites for hydroxylation is 2. The SMILES string of the molecule is Cc1ccc(C(C)NCc2ccc(-c3ccccc3)cc2)c(C)c1. The van der Waals surface area contributed by atoms with E-state index in [-0.39, 0.29) is 0 Å². The second-order valence-electron chi connectivity index (χ2n) is 6.53. The summed E-state index contributed by atoms with van der Waals surface area (Å²) in [6.45, 7) is 7.44. The minimum atomic E-state index is 0.347. The third-order valence-electron chi connectivity index (χ3n) is 4.57. The lowest BCUT2D eigenvalue weighted by atomic mass is 10.00. The van der Waals surface area contributed by atoms with Crippen LogP contribution in [0.5, 0.6) is 0 Å². The first-order valence-corrected chi connectivity index (χ1v) is 8.58. The Bertz CT molecular complexity index is 788. The van der Waals surface area contributed by atoms with Gasteiger partial charge in [0.05, 0.1) is 0 Å². The highest BCUT2D eigenvalue weighted by molar-refractivity contribution is 5.63. The molecule has 0 saturated heterocycles. The van der Waals surface area contributed by atoms with Gasteiger partial charge in [0.2, 0.25) is 0 Å². The van der Waals surface area contributed by atoms with Crippen molar-refractivity contribution in [3.8, 4) is 11.1 Å². The fourth-order valence-corrected chi connectivity index (χ4v) is 3.14. The molecule has 122 valence electrons. The van der Waals surface area contributed by atoms with Crippen molar-refractivity contribution in [2.45, 2.75) is 33.4 Å². The van der Waals surface area contributed by atoms with Gasteiger partial charge in [-0.3, -0.25) is 0 Å². The van der Waals surface area contributed by atoms with Gasteiger partial charge < -0.3 is 5.32 Å². The van der Waals surface area contributed by atoms with Crippen molar-refractivity contribution >= 4 is 0 Å². The molecule has 0 aliphatic carbocycles. The molecule has 3 aromatic carbocycles. The van der Waals surface area contributed by atoms with Crippen LogP contribution in [0.1, 0.15) is 35.2 Å². The van der Waals surface area contributed by atoms with E-state index >= 15 is 0 Å². The number of nitrogens with one attached hydrogen (secondary N) is 1. The second-order valence-corrected chi connectivity index (χ2v) is 6.53. The second kappa shape index (κ2) is 7.46. The highest BCUT2D eigenvalue weighted by atomic mass is 14.9. The number of rotatable bonds is 5. The molecule has 0 aliphatic heterocycles. The highest BCUT2D eigenvalue weighted by Crippen LogP contribution is 2.21. The zero-order valence-electron chi connectivity index (χ0n) is 14.7. The Labute approximate surface area is 145 Å². The van der Waals surface area contributed by atoms with Crippen LogP contribution < -0.4 is 5.32 Å². The molecule has 3 aromatic rings. The average Bonchev–Trinajstić information content (AvgIpc) is 2.61. The first kappa shape index (κ1) is 16.5. The maximum Gasteiger partial charge on any atom is 0.0297 e. The molecule has 24 heavy (non-hydrogen) atoms. The zero-order chi connectivity index (χ0) is 16.9. The number of hydrogen-bond donors (Lipinski definition) is 1. The number of benzene rings is 3. The highest BCUT2D eigenvalue weighted by Gasteiger charge is 2.08. The average molecular weight is 315 g/mol. The van der Waals surface area contributed by atoms with Crippen molar-refractivity contribution in [3.63, 3.8) is 0 Å². The summed E-state index contributed by atoms with van der Waals surface area (Å²) < 4.78 is 0. The molecule has 0 radical (unpaired) electrons. The van der Waals surface area contributed by atoms with E-state index in [9.17, 15) is 0 Å². The van der Waals surface area contributed by atoms with Crippen LogP contribution in [-0.4, -0.2) is 0 Å². The van der Waals surface area contributed by atoms with Gasteiger partial charge in [-0.2, -0.15) is 0 Å². The summed E-state index contributed by atoms with van der Waals surface area (Å²) in [4.78, 5) is 0. The molecular formula is C23H25N. The summed E-state index contributed by atoms with van der Waals surface area (Å²) >= 11 is 0. The minimum Gasteiger partial charge on any atom is -0.306 e. The zero-order valence-corrected chi connectivity index (χ0v) is 14.7. The quantitative estimate of drug-likeness (QED) is 0.625. The van der Waals surface area contributed by atoms with Crippen LogP contribution in [0.25, 0.3) is 11.1 Å². The van der Waals surface area contributed by atoms with Crippen LogP contribution >= 0.6 is 0 Å². The van der Waals surface area contributed by atoms with E-state index in [0.29, 0.717) is 6.04 Å². The normalized spacial score (nSPS) is 12.1. The van der Waals surface area contributed by atoms with Crippen molar-refractivity contribution < 1.29 is 0 Å². The number of hydrogen-bond acceptors (Lipinski definition) is 1. The lowest BCUT2D eigenvalue weighted by Gasteiger charge is -2.17. The molecule has 0 spiro atoms. The molecule has 1 unspecified atom stereocenters. The van der Waals surface area contributed by atoms with Gasteiger partial charge in [0.15, 0.2) is 0 Å². The Kier molecular flexibility index (Phi) is 5.12. The first-order chi connectivity index (χ1) is 11.6. The Morgan fingerprint density at radius 1 is 0.792 bits per heavy atom. The van der Waals surface area contributed by atoms with E-state index in [4.69, 9.17) is 0 Å². The third kappa shape index (κ3) is 3.93. The van der Waals surface area contributed by atoms with Gasteiger partial charge in [0.25, 0.3) is 0 Å². The monoisotopic (exact) mass is 315 g/mol. The summed E-state index contributed by atoms with van der Waals surface area (Å²) in [5, 5.41) is 3.63. The maximum atomic E-state index is 3.63. The van der Waals surface area contributed by atoms with E-state index in [0.717, 1.165) is 6.54 Å². The topological polar surface area (TPSA) is 12.0 Å². The van der Waals surface area contributed by atoms with Crippen molar-refractivity contribution in [2.24, 2.45) is 0 Å².